The standard InChI is InChI=1S/C22H16Cl2N4/c23-15-6-7-21-20(10-15)27-22(28(21)13-14-4-2-1-3-5-14)26-16-11-18(24)17-8-9-25-19(17)12-16/h1-12,25H,13H2,(H,26,27). The first-order valence-electron chi connectivity index (χ1n) is 8.91. The number of aromatic amines is 1. The fraction of sp³-hybridized carbons (Fsp3) is 0.0455. The molecule has 0 saturated carbocycles. The maximum absolute atomic E-state index is 6.43. The molecule has 2 N–H and O–H groups in total. The molecule has 5 aromatic rings. The van der Waals surface area contributed by atoms with Crippen LogP contribution in [-0.2, 0) is 6.54 Å². The highest BCUT2D eigenvalue weighted by atomic mass is 35.5. The van der Waals surface area contributed by atoms with Crippen molar-refractivity contribution in [2.24, 2.45) is 0 Å². The van der Waals surface area contributed by atoms with E-state index >= 15 is 0 Å². The largest absolute Gasteiger partial charge is 0.361 e. The Bertz CT molecular complexity index is 1290. The lowest BCUT2D eigenvalue weighted by molar-refractivity contribution is 0.835. The van der Waals surface area contributed by atoms with Gasteiger partial charge in [0.2, 0.25) is 5.95 Å². The van der Waals surface area contributed by atoms with Gasteiger partial charge in [-0.3, -0.25) is 0 Å². The number of H-pyrrole nitrogens is 1. The lowest BCUT2D eigenvalue weighted by atomic mass is 10.2. The summed E-state index contributed by atoms with van der Waals surface area (Å²) < 4.78 is 2.15. The smallest absolute Gasteiger partial charge is 0.208 e. The van der Waals surface area contributed by atoms with Crippen molar-refractivity contribution in [2.75, 3.05) is 5.32 Å². The highest BCUT2D eigenvalue weighted by Crippen LogP contribution is 2.31. The molecule has 0 bridgehead atoms. The maximum Gasteiger partial charge on any atom is 0.208 e. The average Bonchev–Trinajstić information content (AvgIpc) is 3.28. The van der Waals surface area contributed by atoms with E-state index < -0.39 is 0 Å². The van der Waals surface area contributed by atoms with Crippen LogP contribution in [0.4, 0.5) is 11.6 Å². The van der Waals surface area contributed by atoms with Gasteiger partial charge < -0.3 is 14.9 Å². The van der Waals surface area contributed by atoms with E-state index in [-0.39, 0.29) is 0 Å². The van der Waals surface area contributed by atoms with Gasteiger partial charge >= 0.3 is 0 Å². The van der Waals surface area contributed by atoms with Crippen molar-refractivity contribution >= 4 is 56.8 Å². The van der Waals surface area contributed by atoms with Gasteiger partial charge in [0.15, 0.2) is 0 Å². The van der Waals surface area contributed by atoms with E-state index in [9.17, 15) is 0 Å². The topological polar surface area (TPSA) is 45.6 Å². The number of benzene rings is 3. The van der Waals surface area contributed by atoms with Crippen molar-refractivity contribution < 1.29 is 0 Å². The molecule has 0 aliphatic rings. The normalized spacial score (nSPS) is 11.4. The molecule has 0 saturated heterocycles. The van der Waals surface area contributed by atoms with Gasteiger partial charge in [-0.1, -0.05) is 53.5 Å². The van der Waals surface area contributed by atoms with Crippen LogP contribution < -0.4 is 5.32 Å². The number of halogens is 2. The molecule has 138 valence electrons. The number of rotatable bonds is 4. The molecule has 0 unspecified atom stereocenters. The molecule has 0 fully saturated rings. The lowest BCUT2D eigenvalue weighted by Crippen LogP contribution is -2.05. The minimum atomic E-state index is 0.666. The van der Waals surface area contributed by atoms with Gasteiger partial charge in [-0.25, -0.2) is 4.98 Å². The fourth-order valence-electron chi connectivity index (χ4n) is 3.45. The second-order valence-corrected chi connectivity index (χ2v) is 7.51. The molecule has 4 nitrogen and oxygen atoms in total. The molecule has 28 heavy (non-hydrogen) atoms. The Morgan fingerprint density at radius 1 is 0.964 bits per heavy atom. The fourth-order valence-corrected chi connectivity index (χ4v) is 3.90. The molecule has 0 aliphatic heterocycles. The molecule has 0 aliphatic carbocycles. The van der Waals surface area contributed by atoms with Gasteiger partial charge in [0.05, 0.1) is 22.6 Å². The highest BCUT2D eigenvalue weighted by Gasteiger charge is 2.13. The van der Waals surface area contributed by atoms with Crippen LogP contribution in [0.25, 0.3) is 21.9 Å². The third-order valence-electron chi connectivity index (χ3n) is 4.77. The summed E-state index contributed by atoms with van der Waals surface area (Å²) in [5.74, 6) is 0.739. The van der Waals surface area contributed by atoms with Crippen molar-refractivity contribution in [3.05, 3.63) is 88.5 Å². The molecule has 6 heteroatoms. The van der Waals surface area contributed by atoms with E-state index in [1.807, 2.05) is 60.8 Å². The SMILES string of the molecule is Clc1ccc2c(c1)nc(Nc1cc(Cl)c3cc[nH]c3c1)n2Cc1ccccc1. The Hall–Kier alpha value is -2.95. The molecule has 5 rings (SSSR count). The number of aromatic nitrogens is 3. The minimum Gasteiger partial charge on any atom is -0.361 e. The Morgan fingerprint density at radius 3 is 2.68 bits per heavy atom. The van der Waals surface area contributed by atoms with E-state index in [2.05, 4.69) is 27.0 Å². The zero-order chi connectivity index (χ0) is 19.1. The number of hydrogen-bond acceptors (Lipinski definition) is 2. The third-order valence-corrected chi connectivity index (χ3v) is 5.32. The van der Waals surface area contributed by atoms with Gasteiger partial charge in [0.25, 0.3) is 0 Å². The number of nitrogens with zero attached hydrogens (tertiary/aromatic N) is 2. The lowest BCUT2D eigenvalue weighted by Gasteiger charge is -2.12. The van der Waals surface area contributed by atoms with Crippen LogP contribution in [0.5, 0.6) is 0 Å². The van der Waals surface area contributed by atoms with Crippen LogP contribution in [0, 0.1) is 0 Å². The van der Waals surface area contributed by atoms with E-state index in [1.54, 1.807) is 0 Å². The molecule has 0 radical (unpaired) electrons. The second-order valence-electron chi connectivity index (χ2n) is 6.66. The van der Waals surface area contributed by atoms with Crippen LogP contribution in [0.3, 0.4) is 0 Å². The Morgan fingerprint density at radius 2 is 1.82 bits per heavy atom. The summed E-state index contributed by atoms with van der Waals surface area (Å²) >= 11 is 12.6. The van der Waals surface area contributed by atoms with Gasteiger partial charge in [-0.2, -0.15) is 0 Å². The summed E-state index contributed by atoms with van der Waals surface area (Å²) in [6.07, 6.45) is 1.88. The number of imidazole rings is 1. The van der Waals surface area contributed by atoms with Gasteiger partial charge in [-0.05, 0) is 42.0 Å². The summed E-state index contributed by atoms with van der Waals surface area (Å²) in [6.45, 7) is 0.694. The first-order chi connectivity index (χ1) is 13.7. The average molecular weight is 407 g/mol. The van der Waals surface area contributed by atoms with Crippen molar-refractivity contribution in [3.8, 4) is 0 Å². The molecule has 3 aromatic carbocycles. The first kappa shape index (κ1) is 17.2. The Balaban J connectivity index is 1.61. The number of fused-ring (bicyclic) bond motifs is 2. The summed E-state index contributed by atoms with van der Waals surface area (Å²) in [4.78, 5) is 7.98. The quantitative estimate of drug-likeness (QED) is 0.352. The molecular formula is C22H16Cl2N4. The highest BCUT2D eigenvalue weighted by molar-refractivity contribution is 6.35. The Labute approximate surface area is 171 Å². The summed E-state index contributed by atoms with van der Waals surface area (Å²) in [5, 5.41) is 5.78. The van der Waals surface area contributed by atoms with Crippen molar-refractivity contribution in [1.82, 2.24) is 14.5 Å². The van der Waals surface area contributed by atoms with Gasteiger partial charge in [0, 0.05) is 27.8 Å². The van der Waals surface area contributed by atoms with E-state index in [0.717, 1.165) is 33.6 Å². The molecule has 0 spiro atoms. The Kier molecular flexibility index (Phi) is 4.23. The van der Waals surface area contributed by atoms with Crippen molar-refractivity contribution in [1.29, 1.82) is 0 Å². The third kappa shape index (κ3) is 3.11. The van der Waals surface area contributed by atoms with Crippen LogP contribution >= 0.6 is 23.2 Å². The minimum absolute atomic E-state index is 0.666. The summed E-state index contributed by atoms with van der Waals surface area (Å²) in [5.41, 5.74) is 4.90. The zero-order valence-electron chi connectivity index (χ0n) is 14.8. The predicted octanol–water partition coefficient (Wildman–Crippen LogP) is 6.62. The van der Waals surface area contributed by atoms with Crippen LogP contribution in [0.15, 0.2) is 72.9 Å². The summed E-state index contributed by atoms with van der Waals surface area (Å²) in [6, 6.07) is 22.0. The maximum atomic E-state index is 6.43. The van der Waals surface area contributed by atoms with Crippen molar-refractivity contribution in [3.63, 3.8) is 0 Å². The van der Waals surface area contributed by atoms with Crippen LogP contribution in [0.1, 0.15) is 5.56 Å². The number of nitrogens with one attached hydrogen (secondary N) is 2. The molecule has 0 atom stereocenters. The van der Waals surface area contributed by atoms with Gasteiger partial charge in [-0.15, -0.1) is 0 Å². The van der Waals surface area contributed by atoms with E-state index in [4.69, 9.17) is 28.2 Å². The van der Waals surface area contributed by atoms with Gasteiger partial charge in [0.1, 0.15) is 0 Å². The predicted molar refractivity (Wildman–Crippen MR) is 117 cm³/mol. The number of anilines is 2. The second kappa shape index (κ2) is 6.89. The van der Waals surface area contributed by atoms with E-state index in [1.165, 1.54) is 5.56 Å². The zero-order valence-corrected chi connectivity index (χ0v) is 16.3. The molecular weight excluding hydrogens is 391 g/mol. The monoisotopic (exact) mass is 406 g/mol. The molecule has 0 amide bonds. The first-order valence-corrected chi connectivity index (χ1v) is 9.66. The molecule has 2 aromatic heterocycles. The number of hydrogen-bond donors (Lipinski definition) is 2. The van der Waals surface area contributed by atoms with Crippen molar-refractivity contribution in [2.45, 2.75) is 6.54 Å². The van der Waals surface area contributed by atoms with Crippen LogP contribution in [-0.4, -0.2) is 14.5 Å². The molecule has 2 heterocycles. The van der Waals surface area contributed by atoms with Crippen LogP contribution in [0.2, 0.25) is 10.0 Å². The summed E-state index contributed by atoms with van der Waals surface area (Å²) in [7, 11) is 0. The van der Waals surface area contributed by atoms with E-state index in [0.29, 0.717) is 16.6 Å².